The largest absolute Gasteiger partial charge is 0.506 e. The van der Waals surface area contributed by atoms with E-state index in [1.165, 1.54) is 24.3 Å². The zero-order valence-corrected chi connectivity index (χ0v) is 18.5. The van der Waals surface area contributed by atoms with Crippen LogP contribution in [0.3, 0.4) is 0 Å². The minimum absolute atomic E-state index is 0.00415. The third-order valence-corrected chi connectivity index (χ3v) is 5.52. The first-order chi connectivity index (χ1) is 16.1. The van der Waals surface area contributed by atoms with Crippen LogP contribution in [0.4, 0.5) is 0 Å². The molecule has 1 aromatic heterocycles. The van der Waals surface area contributed by atoms with Gasteiger partial charge in [0.2, 0.25) is 0 Å². The molecule has 1 aliphatic heterocycles. The van der Waals surface area contributed by atoms with E-state index in [-0.39, 0.29) is 44.7 Å². The number of benzene rings is 2. The highest BCUT2D eigenvalue weighted by Crippen LogP contribution is 2.36. The molecule has 0 fully saturated rings. The molecule has 0 saturated heterocycles. The van der Waals surface area contributed by atoms with Crippen LogP contribution in [0, 0.1) is 5.92 Å². The highest BCUT2D eigenvalue weighted by molar-refractivity contribution is 6.32. The molecule has 0 bridgehead atoms. The molecule has 4 rings (SSSR count). The Labute approximate surface area is 200 Å². The van der Waals surface area contributed by atoms with Gasteiger partial charge in [0.1, 0.15) is 41.6 Å². The second-order valence-electron chi connectivity index (χ2n) is 7.18. The lowest BCUT2D eigenvalue weighted by Gasteiger charge is -2.22. The van der Waals surface area contributed by atoms with E-state index in [2.05, 4.69) is 0 Å². The topological polar surface area (TPSA) is 150 Å². The van der Waals surface area contributed by atoms with Crippen LogP contribution in [-0.2, 0) is 25.5 Å². The number of rotatable bonds is 5. The standard InChI is InChI=1S/C22H14Cl2O10/c23-13-5-9-3-11(21(29)33-17(9)7-15(13)25)19(27)31-1-2-32-20(28)12-4-10-6-14(24)16(26)8-18(10)34-22(12)30/h3,5-8,12,25-26H,1-2,4H2. The Bertz CT molecular complexity index is 1390. The van der Waals surface area contributed by atoms with Crippen LogP contribution in [0.5, 0.6) is 17.2 Å². The molecular weight excluding hydrogens is 495 g/mol. The monoisotopic (exact) mass is 508 g/mol. The molecule has 10 nitrogen and oxygen atoms in total. The van der Waals surface area contributed by atoms with Crippen LogP contribution in [0.25, 0.3) is 11.0 Å². The molecule has 0 saturated carbocycles. The molecule has 2 aromatic carbocycles. The highest BCUT2D eigenvalue weighted by atomic mass is 35.5. The Balaban J connectivity index is 1.35. The number of hydrogen-bond acceptors (Lipinski definition) is 10. The molecule has 1 unspecified atom stereocenters. The maximum atomic E-state index is 12.3. The summed E-state index contributed by atoms with van der Waals surface area (Å²) in [6.07, 6.45) is -0.0525. The molecule has 12 heteroatoms. The number of aromatic hydroxyl groups is 2. The smallest absolute Gasteiger partial charge is 0.351 e. The first-order valence-corrected chi connectivity index (χ1v) is 10.4. The Hall–Kier alpha value is -3.76. The van der Waals surface area contributed by atoms with Crippen LogP contribution in [0.1, 0.15) is 15.9 Å². The van der Waals surface area contributed by atoms with E-state index in [0.717, 1.165) is 6.07 Å². The molecule has 0 aliphatic carbocycles. The van der Waals surface area contributed by atoms with Crippen molar-refractivity contribution in [3.05, 3.63) is 61.9 Å². The van der Waals surface area contributed by atoms with Crippen LogP contribution >= 0.6 is 23.2 Å². The van der Waals surface area contributed by atoms with Gasteiger partial charge in [0.05, 0.1) is 10.0 Å². The van der Waals surface area contributed by atoms with E-state index < -0.39 is 48.2 Å². The molecule has 0 spiro atoms. The Morgan fingerprint density at radius 2 is 1.65 bits per heavy atom. The first-order valence-electron chi connectivity index (χ1n) is 9.67. The van der Waals surface area contributed by atoms with Crippen molar-refractivity contribution in [1.82, 2.24) is 0 Å². The fourth-order valence-corrected chi connectivity index (χ4v) is 3.58. The molecule has 1 atom stereocenters. The van der Waals surface area contributed by atoms with Gasteiger partial charge < -0.3 is 28.8 Å². The number of phenolic OH excluding ortho intramolecular Hbond substituents is 2. The Morgan fingerprint density at radius 1 is 0.971 bits per heavy atom. The number of carbonyl (C=O) groups excluding carboxylic acids is 3. The summed E-state index contributed by atoms with van der Waals surface area (Å²) in [7, 11) is 0. The molecule has 0 radical (unpaired) electrons. The van der Waals surface area contributed by atoms with E-state index in [9.17, 15) is 29.4 Å². The van der Waals surface area contributed by atoms with Gasteiger partial charge in [0.15, 0.2) is 5.92 Å². The number of halogens is 2. The summed E-state index contributed by atoms with van der Waals surface area (Å²) in [5.41, 5.74) is -0.959. The summed E-state index contributed by atoms with van der Waals surface area (Å²) >= 11 is 11.7. The van der Waals surface area contributed by atoms with Gasteiger partial charge in [-0.05, 0) is 23.8 Å². The number of ether oxygens (including phenoxy) is 3. The molecule has 2 N–H and O–H groups in total. The van der Waals surface area contributed by atoms with Crippen molar-refractivity contribution in [2.75, 3.05) is 13.2 Å². The average molecular weight is 509 g/mol. The average Bonchev–Trinajstić information content (AvgIpc) is 2.78. The molecule has 2 heterocycles. The summed E-state index contributed by atoms with van der Waals surface area (Å²) < 4.78 is 20.0. The molecule has 3 aromatic rings. The number of esters is 3. The summed E-state index contributed by atoms with van der Waals surface area (Å²) in [5.74, 6) is -4.53. The van der Waals surface area contributed by atoms with Gasteiger partial charge in [0, 0.05) is 23.9 Å². The van der Waals surface area contributed by atoms with E-state index in [1.54, 1.807) is 0 Å². The lowest BCUT2D eigenvalue weighted by Crippen LogP contribution is -2.35. The maximum absolute atomic E-state index is 12.3. The van der Waals surface area contributed by atoms with E-state index in [1.807, 2.05) is 0 Å². The van der Waals surface area contributed by atoms with Gasteiger partial charge in [-0.25, -0.2) is 9.59 Å². The van der Waals surface area contributed by atoms with Crippen LogP contribution in [0.2, 0.25) is 10.0 Å². The van der Waals surface area contributed by atoms with Crippen LogP contribution in [-0.4, -0.2) is 41.3 Å². The lowest BCUT2D eigenvalue weighted by atomic mass is 9.96. The quantitative estimate of drug-likeness (QED) is 0.173. The zero-order valence-electron chi connectivity index (χ0n) is 17.0. The summed E-state index contributed by atoms with van der Waals surface area (Å²) in [5, 5.41) is 19.5. The number of carbonyl (C=O) groups is 3. The van der Waals surface area contributed by atoms with Crippen LogP contribution < -0.4 is 10.4 Å². The Morgan fingerprint density at radius 3 is 2.41 bits per heavy atom. The molecule has 34 heavy (non-hydrogen) atoms. The summed E-state index contributed by atoms with van der Waals surface area (Å²) in [6.45, 7) is -0.799. The SMILES string of the molecule is O=C(OCCOC(=O)C1Cc2cc(Cl)c(O)cc2OC1=O)c1cc2cc(Cl)c(O)cc2oc1=O. The van der Waals surface area contributed by atoms with Gasteiger partial charge in [-0.15, -0.1) is 0 Å². The zero-order chi connectivity index (χ0) is 24.6. The number of fused-ring (bicyclic) bond motifs is 2. The summed E-state index contributed by atoms with van der Waals surface area (Å²) in [6, 6.07) is 6.20. The van der Waals surface area contributed by atoms with E-state index >= 15 is 0 Å². The summed E-state index contributed by atoms with van der Waals surface area (Å²) in [4.78, 5) is 48.7. The maximum Gasteiger partial charge on any atom is 0.351 e. The van der Waals surface area contributed by atoms with Gasteiger partial charge >= 0.3 is 23.5 Å². The second kappa shape index (κ2) is 9.24. The minimum atomic E-state index is -1.27. The van der Waals surface area contributed by atoms with Gasteiger partial charge in [-0.3, -0.25) is 9.59 Å². The number of hydrogen-bond donors (Lipinski definition) is 2. The number of phenols is 2. The van der Waals surface area contributed by atoms with Crippen molar-refractivity contribution < 1.29 is 43.2 Å². The third-order valence-electron chi connectivity index (χ3n) is 4.92. The minimum Gasteiger partial charge on any atom is -0.506 e. The van der Waals surface area contributed by atoms with Crippen LogP contribution in [0.15, 0.2) is 39.5 Å². The van der Waals surface area contributed by atoms with Gasteiger partial charge in [0.25, 0.3) is 0 Å². The van der Waals surface area contributed by atoms with Gasteiger partial charge in [-0.1, -0.05) is 23.2 Å². The van der Waals surface area contributed by atoms with E-state index in [0.29, 0.717) is 5.56 Å². The fraction of sp³-hybridized carbons (Fsp3) is 0.182. The normalized spacial score (nSPS) is 14.9. The van der Waals surface area contributed by atoms with Crippen molar-refractivity contribution in [3.8, 4) is 17.2 Å². The van der Waals surface area contributed by atoms with Gasteiger partial charge in [-0.2, -0.15) is 0 Å². The van der Waals surface area contributed by atoms with Crippen molar-refractivity contribution in [3.63, 3.8) is 0 Å². The molecule has 176 valence electrons. The van der Waals surface area contributed by atoms with Crippen molar-refractivity contribution in [1.29, 1.82) is 0 Å². The first kappa shape index (κ1) is 23.4. The van der Waals surface area contributed by atoms with Crippen molar-refractivity contribution >= 4 is 52.1 Å². The molecule has 0 amide bonds. The predicted molar refractivity (Wildman–Crippen MR) is 116 cm³/mol. The predicted octanol–water partition coefficient (Wildman–Crippen LogP) is 2.99. The van der Waals surface area contributed by atoms with Crippen molar-refractivity contribution in [2.45, 2.75) is 6.42 Å². The van der Waals surface area contributed by atoms with E-state index in [4.69, 9.17) is 41.8 Å². The van der Waals surface area contributed by atoms with Crippen molar-refractivity contribution in [2.24, 2.45) is 5.92 Å². The fourth-order valence-electron chi connectivity index (χ4n) is 3.23. The molecule has 1 aliphatic rings. The third kappa shape index (κ3) is 4.63. The highest BCUT2D eigenvalue weighted by Gasteiger charge is 2.36. The Kier molecular flexibility index (Phi) is 6.36. The molecular formula is C22H14Cl2O10. The second-order valence-corrected chi connectivity index (χ2v) is 8.00. The lowest BCUT2D eigenvalue weighted by molar-refractivity contribution is -0.159.